The second-order valence-electron chi connectivity index (χ2n) is 6.85. The summed E-state index contributed by atoms with van der Waals surface area (Å²) < 4.78 is 43.0. The topological polar surface area (TPSA) is 114 Å². The van der Waals surface area contributed by atoms with Crippen LogP contribution < -0.4 is 10.9 Å². The number of hydrogen-bond donors (Lipinski definition) is 3. The fraction of sp³-hybridized carbons (Fsp3) is 0.0476. The van der Waals surface area contributed by atoms with Crippen molar-refractivity contribution in [1.82, 2.24) is 30.4 Å². The van der Waals surface area contributed by atoms with Crippen LogP contribution in [0.25, 0.3) is 11.4 Å². The summed E-state index contributed by atoms with van der Waals surface area (Å²) in [7, 11) is 0. The molecule has 9 nitrogen and oxygen atoms in total. The summed E-state index contributed by atoms with van der Waals surface area (Å²) in [6.45, 7) is 0. The van der Waals surface area contributed by atoms with E-state index in [0.29, 0.717) is 16.6 Å². The number of aromatic nitrogens is 4. The molecule has 0 atom stereocenters. The predicted octanol–water partition coefficient (Wildman–Crippen LogP) is 3.51. The molecule has 0 spiro atoms. The van der Waals surface area contributed by atoms with Crippen molar-refractivity contribution >= 4 is 23.4 Å². The fourth-order valence-electron chi connectivity index (χ4n) is 3.07. The normalized spacial score (nSPS) is 11.3. The largest absolute Gasteiger partial charge is 0.504 e. The van der Waals surface area contributed by atoms with Gasteiger partial charge in [0.2, 0.25) is 0 Å². The van der Waals surface area contributed by atoms with E-state index < -0.39 is 40.7 Å². The molecule has 0 aliphatic rings. The van der Waals surface area contributed by atoms with Gasteiger partial charge in [0.05, 0.1) is 29.3 Å². The number of hydrogen-bond acceptors (Lipinski definition) is 5. The number of halogens is 4. The first-order chi connectivity index (χ1) is 16.1. The van der Waals surface area contributed by atoms with Crippen molar-refractivity contribution in [2.24, 2.45) is 0 Å². The average Bonchev–Trinajstić information content (AvgIpc) is 3.42. The Kier molecular flexibility index (Phi) is 5.99. The molecule has 2 amide bonds. The Labute approximate surface area is 194 Å². The van der Waals surface area contributed by atoms with Crippen LogP contribution >= 0.6 is 11.6 Å². The van der Waals surface area contributed by atoms with Crippen molar-refractivity contribution in [1.29, 1.82) is 0 Å². The van der Waals surface area contributed by atoms with Crippen molar-refractivity contribution in [3.63, 3.8) is 0 Å². The second-order valence-corrected chi connectivity index (χ2v) is 7.28. The minimum Gasteiger partial charge on any atom is -0.504 e. The minimum atomic E-state index is -4.96. The Bertz CT molecular complexity index is 1370. The molecule has 2 heterocycles. The van der Waals surface area contributed by atoms with Gasteiger partial charge in [0.25, 0.3) is 11.8 Å². The van der Waals surface area contributed by atoms with Gasteiger partial charge in [-0.25, -0.2) is 9.36 Å². The molecule has 0 unspecified atom stereocenters. The number of alkyl halides is 3. The van der Waals surface area contributed by atoms with Crippen LogP contribution in [0.15, 0.2) is 67.0 Å². The Hall–Kier alpha value is -4.32. The highest BCUT2D eigenvalue weighted by molar-refractivity contribution is 6.30. The van der Waals surface area contributed by atoms with Crippen LogP contribution in [0.3, 0.4) is 0 Å². The Balaban J connectivity index is 1.55. The first kappa shape index (κ1) is 22.9. The molecule has 3 N–H and O–H groups in total. The van der Waals surface area contributed by atoms with Gasteiger partial charge in [-0.1, -0.05) is 35.9 Å². The van der Waals surface area contributed by atoms with E-state index in [1.165, 1.54) is 35.1 Å². The quantitative estimate of drug-likeness (QED) is 0.379. The number of para-hydroxylation sites is 1. The lowest BCUT2D eigenvalue weighted by Gasteiger charge is -2.13. The molecule has 0 bridgehead atoms. The van der Waals surface area contributed by atoms with E-state index in [1.807, 2.05) is 10.9 Å². The Morgan fingerprint density at radius 3 is 2.32 bits per heavy atom. The number of nitrogens with one attached hydrogen (secondary N) is 2. The molecule has 0 saturated carbocycles. The first-order valence-electron chi connectivity index (χ1n) is 9.51. The summed E-state index contributed by atoms with van der Waals surface area (Å²) in [6, 6.07) is 14.0. The van der Waals surface area contributed by atoms with Crippen LogP contribution in [0, 0.1) is 0 Å². The van der Waals surface area contributed by atoms with Gasteiger partial charge in [0.15, 0.2) is 17.1 Å². The summed E-state index contributed by atoms with van der Waals surface area (Å²) in [6.07, 6.45) is -3.07. The lowest BCUT2D eigenvalue weighted by atomic mass is 10.2. The molecule has 174 valence electrons. The SMILES string of the molecule is O=C(NNC(=O)c1nn(-c2ccccc2)cc1O)c1cnn(-c2cccc(Cl)c2)c1C(F)(F)F. The van der Waals surface area contributed by atoms with E-state index in [0.717, 1.165) is 0 Å². The first-order valence-corrected chi connectivity index (χ1v) is 9.89. The van der Waals surface area contributed by atoms with Crippen LogP contribution in [0.5, 0.6) is 5.75 Å². The van der Waals surface area contributed by atoms with Crippen molar-refractivity contribution < 1.29 is 27.9 Å². The Morgan fingerprint density at radius 2 is 1.65 bits per heavy atom. The summed E-state index contributed by atoms with van der Waals surface area (Å²) >= 11 is 5.85. The molecule has 34 heavy (non-hydrogen) atoms. The monoisotopic (exact) mass is 490 g/mol. The number of amides is 2. The van der Waals surface area contributed by atoms with E-state index in [4.69, 9.17) is 11.6 Å². The van der Waals surface area contributed by atoms with Gasteiger partial charge in [-0.05, 0) is 30.3 Å². The number of carbonyl (C=O) groups is 2. The zero-order valence-electron chi connectivity index (χ0n) is 16.9. The van der Waals surface area contributed by atoms with E-state index in [9.17, 15) is 27.9 Å². The van der Waals surface area contributed by atoms with Gasteiger partial charge in [-0.3, -0.25) is 20.4 Å². The molecule has 4 aromatic rings. The highest BCUT2D eigenvalue weighted by atomic mass is 35.5. The standard InChI is InChI=1S/C21H14ClF3N6O3/c22-12-5-4-8-14(9-12)31-18(21(23,24)25)15(10-26-31)19(33)27-28-20(34)17-16(32)11-30(29-17)13-6-2-1-3-7-13/h1-11,32H,(H,27,33)(H,28,34). The molecule has 0 aliphatic heterocycles. The zero-order valence-corrected chi connectivity index (χ0v) is 17.7. The molecule has 2 aromatic heterocycles. The summed E-state index contributed by atoms with van der Waals surface area (Å²) in [5.74, 6) is -2.83. The molecule has 0 saturated heterocycles. The van der Waals surface area contributed by atoms with Crippen LogP contribution in [0.1, 0.15) is 26.5 Å². The van der Waals surface area contributed by atoms with Crippen molar-refractivity contribution in [3.05, 3.63) is 89.0 Å². The number of benzene rings is 2. The molecule has 0 fully saturated rings. The average molecular weight is 491 g/mol. The van der Waals surface area contributed by atoms with Gasteiger partial charge in [0, 0.05) is 5.02 Å². The van der Waals surface area contributed by atoms with E-state index in [1.54, 1.807) is 30.3 Å². The van der Waals surface area contributed by atoms with E-state index in [-0.39, 0.29) is 10.7 Å². The summed E-state index contributed by atoms with van der Waals surface area (Å²) in [5, 5.41) is 17.8. The summed E-state index contributed by atoms with van der Waals surface area (Å²) in [4.78, 5) is 24.9. The highest BCUT2D eigenvalue weighted by Crippen LogP contribution is 2.34. The van der Waals surface area contributed by atoms with Gasteiger partial charge >= 0.3 is 6.18 Å². The minimum absolute atomic E-state index is 0.0146. The Morgan fingerprint density at radius 1 is 0.971 bits per heavy atom. The van der Waals surface area contributed by atoms with E-state index >= 15 is 0 Å². The third kappa shape index (κ3) is 4.57. The van der Waals surface area contributed by atoms with Crippen LogP contribution in [0.2, 0.25) is 5.02 Å². The maximum atomic E-state index is 13.8. The number of aromatic hydroxyl groups is 1. The summed E-state index contributed by atoms with van der Waals surface area (Å²) in [5.41, 5.74) is 1.70. The number of hydrazine groups is 1. The lowest BCUT2D eigenvalue weighted by molar-refractivity contribution is -0.143. The fourth-order valence-corrected chi connectivity index (χ4v) is 3.26. The molecule has 0 aliphatic carbocycles. The van der Waals surface area contributed by atoms with Crippen molar-refractivity contribution in [2.75, 3.05) is 0 Å². The van der Waals surface area contributed by atoms with Gasteiger partial charge in [-0.15, -0.1) is 0 Å². The van der Waals surface area contributed by atoms with Crippen molar-refractivity contribution in [2.45, 2.75) is 6.18 Å². The third-order valence-electron chi connectivity index (χ3n) is 4.56. The molecular weight excluding hydrogens is 477 g/mol. The number of carbonyl (C=O) groups excluding carboxylic acids is 2. The second kappa shape index (κ2) is 8.90. The van der Waals surface area contributed by atoms with Crippen LogP contribution in [-0.2, 0) is 6.18 Å². The van der Waals surface area contributed by atoms with Crippen molar-refractivity contribution in [3.8, 4) is 17.1 Å². The molecule has 13 heteroatoms. The third-order valence-corrected chi connectivity index (χ3v) is 4.79. The van der Waals surface area contributed by atoms with Crippen LogP contribution in [0.4, 0.5) is 13.2 Å². The maximum absolute atomic E-state index is 13.8. The smallest absolute Gasteiger partial charge is 0.434 e. The van der Waals surface area contributed by atoms with E-state index in [2.05, 4.69) is 10.2 Å². The predicted molar refractivity (Wildman–Crippen MR) is 114 cm³/mol. The highest BCUT2D eigenvalue weighted by Gasteiger charge is 2.40. The lowest BCUT2D eigenvalue weighted by Crippen LogP contribution is -2.42. The van der Waals surface area contributed by atoms with Gasteiger partial charge in [-0.2, -0.15) is 23.4 Å². The maximum Gasteiger partial charge on any atom is 0.434 e. The molecular formula is C21H14ClF3N6O3. The zero-order chi connectivity index (χ0) is 24.5. The number of nitrogens with zero attached hydrogens (tertiary/aromatic N) is 4. The van der Waals surface area contributed by atoms with Gasteiger partial charge < -0.3 is 5.11 Å². The molecule has 4 rings (SSSR count). The van der Waals surface area contributed by atoms with Gasteiger partial charge in [0.1, 0.15) is 0 Å². The molecule has 2 aromatic carbocycles. The number of rotatable bonds is 4. The van der Waals surface area contributed by atoms with Crippen LogP contribution in [-0.4, -0.2) is 36.5 Å². The molecule has 0 radical (unpaired) electrons.